The van der Waals surface area contributed by atoms with E-state index in [1.807, 2.05) is 6.08 Å². The molecule has 5 heteroatoms. The van der Waals surface area contributed by atoms with Crippen LogP contribution in [0.5, 0.6) is 17.2 Å². The molecule has 25 heavy (non-hydrogen) atoms. The average Bonchev–Trinajstić information content (AvgIpc) is 2.54. The first-order valence-corrected chi connectivity index (χ1v) is 8.12. The highest BCUT2D eigenvalue weighted by Crippen LogP contribution is 2.22. The predicted molar refractivity (Wildman–Crippen MR) is 98.6 cm³/mol. The highest BCUT2D eigenvalue weighted by Gasteiger charge is 1.96. The standard InChI is InChI=1S/C14H12O3.C6H12O2/c15-12-5-3-10(4-6-12)1-2-11-7-13(16)9-14(17)8-11;1-2-3-4-5-6(7)8/h1-9,15-17H;2-5H2,1H3,(H,7,8)/b2-1+;. The Hall–Kier alpha value is -2.95. The van der Waals surface area contributed by atoms with E-state index in [-0.39, 0.29) is 17.2 Å². The summed E-state index contributed by atoms with van der Waals surface area (Å²) in [5.74, 6) is -0.415. The van der Waals surface area contributed by atoms with Gasteiger partial charge in [0.2, 0.25) is 0 Å². The lowest BCUT2D eigenvalue weighted by molar-refractivity contribution is -0.137. The number of unbranched alkanes of at least 4 members (excludes halogenated alkanes) is 2. The minimum absolute atomic E-state index is 0.0235. The third-order valence-corrected chi connectivity index (χ3v) is 3.28. The minimum atomic E-state index is -0.682. The molecule has 0 aliphatic rings. The van der Waals surface area contributed by atoms with Gasteiger partial charge in [0.1, 0.15) is 17.2 Å². The topological polar surface area (TPSA) is 98.0 Å². The second kappa shape index (κ2) is 10.8. The quantitative estimate of drug-likeness (QED) is 0.452. The average molecular weight is 344 g/mol. The van der Waals surface area contributed by atoms with Gasteiger partial charge in [0.05, 0.1) is 0 Å². The van der Waals surface area contributed by atoms with Crippen LogP contribution in [0.25, 0.3) is 12.2 Å². The first-order chi connectivity index (χ1) is 11.9. The predicted octanol–water partition coefficient (Wildman–Crippen LogP) is 4.63. The van der Waals surface area contributed by atoms with E-state index in [0.29, 0.717) is 12.0 Å². The first kappa shape index (κ1) is 20.1. The van der Waals surface area contributed by atoms with Crippen LogP contribution in [0.3, 0.4) is 0 Å². The summed E-state index contributed by atoms with van der Waals surface area (Å²) in [6.07, 6.45) is 6.87. The maximum Gasteiger partial charge on any atom is 0.303 e. The second-order valence-corrected chi connectivity index (χ2v) is 5.56. The van der Waals surface area contributed by atoms with Gasteiger partial charge in [-0.05, 0) is 41.8 Å². The van der Waals surface area contributed by atoms with Gasteiger partial charge < -0.3 is 20.4 Å². The van der Waals surface area contributed by atoms with E-state index in [0.717, 1.165) is 24.8 Å². The van der Waals surface area contributed by atoms with Gasteiger partial charge in [-0.15, -0.1) is 0 Å². The number of carboxylic acid groups (broad SMARTS) is 1. The number of rotatable bonds is 6. The molecule has 134 valence electrons. The summed E-state index contributed by atoms with van der Waals surface area (Å²) < 4.78 is 0. The van der Waals surface area contributed by atoms with E-state index in [1.54, 1.807) is 42.5 Å². The molecule has 4 N–H and O–H groups in total. The molecule has 2 rings (SSSR count). The van der Waals surface area contributed by atoms with Gasteiger partial charge in [-0.3, -0.25) is 4.79 Å². The Balaban J connectivity index is 0.000000333. The van der Waals surface area contributed by atoms with E-state index < -0.39 is 5.97 Å². The van der Waals surface area contributed by atoms with Crippen molar-refractivity contribution in [3.63, 3.8) is 0 Å². The zero-order chi connectivity index (χ0) is 18.7. The maximum atomic E-state index is 9.87. The van der Waals surface area contributed by atoms with Crippen molar-refractivity contribution in [2.45, 2.75) is 32.6 Å². The van der Waals surface area contributed by atoms with Gasteiger partial charge in [0.15, 0.2) is 0 Å². The Morgan fingerprint density at radius 1 is 0.840 bits per heavy atom. The molecule has 0 aliphatic heterocycles. The Bertz CT molecular complexity index is 669. The van der Waals surface area contributed by atoms with Crippen molar-refractivity contribution in [1.82, 2.24) is 0 Å². The molecule has 0 bridgehead atoms. The number of phenolic OH excluding ortho intramolecular Hbond substituents is 3. The van der Waals surface area contributed by atoms with Gasteiger partial charge in [-0.2, -0.15) is 0 Å². The van der Waals surface area contributed by atoms with Gasteiger partial charge >= 0.3 is 5.97 Å². The lowest BCUT2D eigenvalue weighted by Crippen LogP contribution is -1.92. The summed E-state index contributed by atoms with van der Waals surface area (Å²) in [5.41, 5.74) is 1.63. The fraction of sp³-hybridized carbons (Fsp3) is 0.250. The molecule has 0 aromatic heterocycles. The van der Waals surface area contributed by atoms with Crippen LogP contribution in [0, 0.1) is 0 Å². The van der Waals surface area contributed by atoms with Crippen molar-refractivity contribution in [3.8, 4) is 17.2 Å². The van der Waals surface area contributed by atoms with Crippen LogP contribution in [0.2, 0.25) is 0 Å². The number of phenols is 3. The number of benzene rings is 2. The molecule has 2 aromatic rings. The molecule has 0 amide bonds. The number of carboxylic acids is 1. The van der Waals surface area contributed by atoms with Crippen molar-refractivity contribution < 1.29 is 25.2 Å². The SMILES string of the molecule is CCCCCC(=O)O.Oc1ccc(/C=C/c2cc(O)cc(O)c2)cc1. The molecule has 0 heterocycles. The van der Waals surface area contributed by atoms with Crippen molar-refractivity contribution in [1.29, 1.82) is 0 Å². The van der Waals surface area contributed by atoms with Crippen LogP contribution in [-0.2, 0) is 4.79 Å². The number of carbonyl (C=O) groups is 1. The molecular weight excluding hydrogens is 320 g/mol. The third kappa shape index (κ3) is 9.05. The molecule has 0 fully saturated rings. The molecule has 0 atom stereocenters. The minimum Gasteiger partial charge on any atom is -0.508 e. The molecule has 0 unspecified atom stereocenters. The molecule has 0 spiro atoms. The number of hydrogen-bond donors (Lipinski definition) is 4. The first-order valence-electron chi connectivity index (χ1n) is 8.12. The lowest BCUT2D eigenvalue weighted by atomic mass is 10.1. The fourth-order valence-corrected chi connectivity index (χ4v) is 2.02. The molecule has 0 radical (unpaired) electrons. The number of aromatic hydroxyl groups is 3. The molecule has 0 saturated heterocycles. The summed E-state index contributed by atoms with van der Waals surface area (Å²) in [6.45, 7) is 2.06. The Kier molecular flexibility index (Phi) is 8.65. The summed E-state index contributed by atoms with van der Waals surface area (Å²) >= 11 is 0. The Morgan fingerprint density at radius 2 is 1.40 bits per heavy atom. The van der Waals surface area contributed by atoms with Crippen LogP contribution in [-0.4, -0.2) is 26.4 Å². The van der Waals surface area contributed by atoms with Gasteiger partial charge in [-0.25, -0.2) is 0 Å². The van der Waals surface area contributed by atoms with Gasteiger partial charge in [-0.1, -0.05) is 44.1 Å². The van der Waals surface area contributed by atoms with Crippen molar-refractivity contribution in [3.05, 3.63) is 53.6 Å². The molecule has 5 nitrogen and oxygen atoms in total. The van der Waals surface area contributed by atoms with Crippen LogP contribution in [0.4, 0.5) is 0 Å². The van der Waals surface area contributed by atoms with Gasteiger partial charge in [0.25, 0.3) is 0 Å². The van der Waals surface area contributed by atoms with Crippen LogP contribution in [0.1, 0.15) is 43.7 Å². The van der Waals surface area contributed by atoms with Crippen LogP contribution < -0.4 is 0 Å². The van der Waals surface area contributed by atoms with E-state index in [1.165, 1.54) is 6.07 Å². The van der Waals surface area contributed by atoms with Crippen LogP contribution >= 0.6 is 0 Å². The third-order valence-electron chi connectivity index (χ3n) is 3.28. The summed E-state index contributed by atoms with van der Waals surface area (Å²) in [4.78, 5) is 9.87. The summed E-state index contributed by atoms with van der Waals surface area (Å²) in [7, 11) is 0. The van der Waals surface area contributed by atoms with E-state index >= 15 is 0 Å². The van der Waals surface area contributed by atoms with Gasteiger partial charge in [0, 0.05) is 12.5 Å². The number of hydrogen-bond acceptors (Lipinski definition) is 4. The van der Waals surface area contributed by atoms with Crippen molar-refractivity contribution in [2.24, 2.45) is 0 Å². The Morgan fingerprint density at radius 3 is 1.92 bits per heavy atom. The van der Waals surface area contributed by atoms with E-state index in [9.17, 15) is 15.0 Å². The van der Waals surface area contributed by atoms with E-state index in [2.05, 4.69) is 6.92 Å². The summed E-state index contributed by atoms with van der Waals surface area (Å²) in [5, 5.41) is 35.9. The van der Waals surface area contributed by atoms with Crippen molar-refractivity contribution >= 4 is 18.1 Å². The molecule has 0 saturated carbocycles. The maximum absolute atomic E-state index is 9.87. The van der Waals surface area contributed by atoms with E-state index in [4.69, 9.17) is 10.2 Å². The smallest absolute Gasteiger partial charge is 0.303 e. The highest BCUT2D eigenvalue weighted by molar-refractivity contribution is 5.71. The zero-order valence-electron chi connectivity index (χ0n) is 14.2. The van der Waals surface area contributed by atoms with Crippen molar-refractivity contribution in [2.75, 3.05) is 0 Å². The number of aliphatic carboxylic acids is 1. The largest absolute Gasteiger partial charge is 0.508 e. The zero-order valence-corrected chi connectivity index (χ0v) is 14.2. The molecular formula is C20H24O5. The fourth-order valence-electron chi connectivity index (χ4n) is 2.02. The van der Waals surface area contributed by atoms with Crippen LogP contribution in [0.15, 0.2) is 42.5 Å². The normalized spacial score (nSPS) is 10.3. The lowest BCUT2D eigenvalue weighted by Gasteiger charge is -1.98. The molecule has 0 aliphatic carbocycles. The Labute approximate surface area is 147 Å². The second-order valence-electron chi connectivity index (χ2n) is 5.56. The monoisotopic (exact) mass is 344 g/mol. The summed E-state index contributed by atoms with van der Waals surface area (Å²) in [6, 6.07) is 11.1. The highest BCUT2D eigenvalue weighted by atomic mass is 16.4. The molecule has 2 aromatic carbocycles.